The third-order valence-corrected chi connectivity index (χ3v) is 7.17. The zero-order valence-corrected chi connectivity index (χ0v) is 26.9. The normalized spacial score (nSPS) is 11.4. The van der Waals surface area contributed by atoms with E-state index < -0.39 is 12.1 Å². The molecule has 4 rings (SSSR count). The van der Waals surface area contributed by atoms with Crippen molar-refractivity contribution in [1.29, 1.82) is 0 Å². The number of aliphatic carboxylic acids is 1. The van der Waals surface area contributed by atoms with Gasteiger partial charge in [-0.25, -0.2) is 14.8 Å². The van der Waals surface area contributed by atoms with E-state index in [1.165, 1.54) is 0 Å². The van der Waals surface area contributed by atoms with Gasteiger partial charge in [-0.2, -0.15) is 23.1 Å². The van der Waals surface area contributed by atoms with Crippen LogP contribution in [-0.2, 0) is 4.79 Å². The predicted octanol–water partition coefficient (Wildman–Crippen LogP) is 4.99. The molecule has 12 nitrogen and oxygen atoms in total. The van der Waals surface area contributed by atoms with Crippen LogP contribution in [0.3, 0.4) is 0 Å². The number of nitrogen functional groups attached to an aromatic ring is 2. The van der Waals surface area contributed by atoms with Crippen molar-refractivity contribution in [2.45, 2.75) is 33.9 Å². The molecule has 2 heterocycles. The maximum Gasteiger partial charge on any atom is 0.490 e. The Kier molecular flexibility index (Phi) is 13.5. The fourth-order valence-electron chi connectivity index (χ4n) is 4.52. The molecule has 0 saturated carbocycles. The van der Waals surface area contributed by atoms with E-state index in [9.17, 15) is 13.2 Å². The van der Waals surface area contributed by atoms with Gasteiger partial charge < -0.3 is 35.8 Å². The first-order chi connectivity index (χ1) is 22.4. The van der Waals surface area contributed by atoms with Crippen molar-refractivity contribution < 1.29 is 32.5 Å². The van der Waals surface area contributed by atoms with Gasteiger partial charge in [0.1, 0.15) is 24.7 Å². The highest BCUT2D eigenvalue weighted by molar-refractivity contribution is 5.89. The van der Waals surface area contributed by atoms with E-state index in [1.54, 1.807) is 0 Å². The molecule has 0 atom stereocenters. The van der Waals surface area contributed by atoms with Crippen LogP contribution in [0.4, 0.5) is 24.9 Å². The molecule has 0 aliphatic rings. The first-order valence-electron chi connectivity index (χ1n) is 15.2. The summed E-state index contributed by atoms with van der Waals surface area (Å²) < 4.78 is 43.9. The van der Waals surface area contributed by atoms with E-state index in [-0.39, 0.29) is 11.8 Å². The van der Waals surface area contributed by atoms with Crippen molar-refractivity contribution >= 4 is 28.9 Å². The van der Waals surface area contributed by atoms with E-state index in [2.05, 4.69) is 47.5 Å². The molecular weight excluding hydrogens is 617 g/mol. The van der Waals surface area contributed by atoms with Gasteiger partial charge in [-0.1, -0.05) is 52.0 Å². The third-order valence-electron chi connectivity index (χ3n) is 7.17. The highest BCUT2D eigenvalue weighted by atomic mass is 19.4. The number of hydrogen-bond acceptors (Lipinski definition) is 11. The number of carbonyl (C=O) groups is 1. The molecule has 0 aliphatic carbocycles. The molecule has 0 spiro atoms. The Bertz CT molecular complexity index is 1620. The van der Waals surface area contributed by atoms with E-state index >= 15 is 0 Å². The molecule has 254 valence electrons. The number of fused-ring (bicyclic) bond motifs is 1. The summed E-state index contributed by atoms with van der Waals surface area (Å²) in [5.74, 6) is -1.01. The number of likely N-dealkylation sites (N-methyl/N-ethyl adjacent to an activating group) is 2. The predicted molar refractivity (Wildman–Crippen MR) is 175 cm³/mol. The van der Waals surface area contributed by atoms with Gasteiger partial charge in [0.2, 0.25) is 5.95 Å². The number of nitrogens with zero attached hydrogens (tertiary/aromatic N) is 6. The van der Waals surface area contributed by atoms with Crippen molar-refractivity contribution in [1.82, 2.24) is 29.7 Å². The number of benzene rings is 2. The molecule has 0 bridgehead atoms. The summed E-state index contributed by atoms with van der Waals surface area (Å²) in [7, 11) is 0. The molecule has 0 radical (unpaired) electrons. The molecule has 4 aromatic rings. The summed E-state index contributed by atoms with van der Waals surface area (Å²) in [5, 5.41) is 7.12. The van der Waals surface area contributed by atoms with Crippen LogP contribution >= 0.6 is 0 Å². The quantitative estimate of drug-likeness (QED) is 0.166. The van der Waals surface area contributed by atoms with Gasteiger partial charge in [0.15, 0.2) is 17.0 Å². The number of alkyl halides is 3. The lowest BCUT2D eigenvalue weighted by Gasteiger charge is -2.18. The number of anilines is 2. The Labute approximate surface area is 271 Å². The van der Waals surface area contributed by atoms with Gasteiger partial charge in [-0.3, -0.25) is 0 Å². The second kappa shape index (κ2) is 17.2. The van der Waals surface area contributed by atoms with Gasteiger partial charge >= 0.3 is 12.1 Å². The summed E-state index contributed by atoms with van der Waals surface area (Å²) in [6.45, 7) is 15.5. The molecule has 2 aromatic carbocycles. The number of ether oxygens (including phenoxy) is 2. The van der Waals surface area contributed by atoms with E-state index in [0.717, 1.165) is 61.9 Å². The van der Waals surface area contributed by atoms with Crippen molar-refractivity contribution in [3.8, 4) is 34.0 Å². The Morgan fingerprint density at radius 2 is 1.21 bits per heavy atom. The minimum absolute atomic E-state index is 0.0510. The molecule has 47 heavy (non-hydrogen) atoms. The first-order valence-corrected chi connectivity index (χ1v) is 15.2. The van der Waals surface area contributed by atoms with Gasteiger partial charge in [0, 0.05) is 24.2 Å². The number of hydrogen-bond donors (Lipinski definition) is 3. The topological polar surface area (TPSA) is 166 Å². The van der Waals surface area contributed by atoms with Crippen LogP contribution in [0, 0.1) is 0 Å². The molecule has 5 N–H and O–H groups in total. The summed E-state index contributed by atoms with van der Waals surface area (Å²) in [6.07, 6.45) is -5.08. The van der Waals surface area contributed by atoms with E-state index in [1.807, 2.05) is 48.5 Å². The SMILES string of the molecule is CCN(CC)CCOc1cccc(-c2nc3nc(N)nc(N)c3nc2-c2cccc(OCCN(CC)CC)c2)c1.O=C(O)C(F)(F)F. The monoisotopic (exact) mass is 658 g/mol. The summed E-state index contributed by atoms with van der Waals surface area (Å²) in [6, 6.07) is 15.7. The van der Waals surface area contributed by atoms with Crippen molar-refractivity contribution in [2.75, 3.05) is 63.9 Å². The fraction of sp³-hybridized carbons (Fsp3) is 0.406. The minimum Gasteiger partial charge on any atom is -0.492 e. The Morgan fingerprint density at radius 3 is 1.64 bits per heavy atom. The Morgan fingerprint density at radius 1 is 0.766 bits per heavy atom. The van der Waals surface area contributed by atoms with Crippen molar-refractivity contribution in [3.05, 3.63) is 48.5 Å². The average molecular weight is 659 g/mol. The minimum atomic E-state index is -5.08. The number of halogens is 3. The van der Waals surface area contributed by atoms with Gasteiger partial charge in [-0.05, 0) is 50.4 Å². The van der Waals surface area contributed by atoms with Crippen molar-refractivity contribution in [2.24, 2.45) is 0 Å². The number of aromatic nitrogens is 4. The second-order valence-corrected chi connectivity index (χ2v) is 10.2. The van der Waals surface area contributed by atoms with Crippen molar-refractivity contribution in [3.63, 3.8) is 0 Å². The van der Waals surface area contributed by atoms with Crippen LogP contribution in [0.15, 0.2) is 48.5 Å². The molecule has 0 unspecified atom stereocenters. The summed E-state index contributed by atoms with van der Waals surface area (Å²) in [4.78, 5) is 31.7. The average Bonchev–Trinajstić information content (AvgIpc) is 3.04. The number of carboxylic acid groups (broad SMARTS) is 1. The number of rotatable bonds is 14. The van der Waals surface area contributed by atoms with E-state index in [4.69, 9.17) is 40.8 Å². The molecule has 0 fully saturated rings. The molecule has 0 saturated heterocycles. The van der Waals surface area contributed by atoms with Crippen LogP contribution in [0.2, 0.25) is 0 Å². The van der Waals surface area contributed by atoms with Crippen LogP contribution in [0.5, 0.6) is 11.5 Å². The standard InChI is InChI=1S/C30H40N8O2.C2HF3O2/c1-5-37(6-2)15-17-39-23-13-9-11-21(19-23)25-26(34-29-27(33-25)28(31)35-30(32)36-29)22-12-10-14-24(20-22)40-18-16-38(7-3)8-4;3-2(4,5)1(6)7/h9-14,19-20H,5-8,15-18H2,1-4H3,(H4,31,32,34,35,36);(H,6,7). The molecule has 0 amide bonds. The maximum absolute atomic E-state index is 10.6. The van der Waals surface area contributed by atoms with Crippen LogP contribution < -0.4 is 20.9 Å². The zero-order valence-electron chi connectivity index (χ0n) is 26.9. The molecule has 0 aliphatic heterocycles. The second-order valence-electron chi connectivity index (χ2n) is 10.2. The fourth-order valence-corrected chi connectivity index (χ4v) is 4.52. The number of carboxylic acids is 1. The lowest BCUT2D eigenvalue weighted by atomic mass is 10.0. The first kappa shape index (κ1) is 36.7. The third kappa shape index (κ3) is 10.6. The van der Waals surface area contributed by atoms with Crippen LogP contribution in [0.25, 0.3) is 33.7 Å². The van der Waals surface area contributed by atoms with Crippen LogP contribution in [0.1, 0.15) is 27.7 Å². The smallest absolute Gasteiger partial charge is 0.490 e. The zero-order chi connectivity index (χ0) is 34.6. The lowest BCUT2D eigenvalue weighted by Crippen LogP contribution is -2.27. The highest BCUT2D eigenvalue weighted by Crippen LogP contribution is 2.34. The van der Waals surface area contributed by atoms with Gasteiger partial charge in [-0.15, -0.1) is 0 Å². The molecule has 15 heteroatoms. The number of nitrogens with two attached hydrogens (primary N) is 2. The largest absolute Gasteiger partial charge is 0.492 e. The highest BCUT2D eigenvalue weighted by Gasteiger charge is 2.38. The van der Waals surface area contributed by atoms with Gasteiger partial charge in [0.05, 0.1) is 11.4 Å². The maximum atomic E-state index is 10.6. The van der Waals surface area contributed by atoms with Crippen LogP contribution in [-0.4, -0.2) is 99.5 Å². The molecular formula is C32H41F3N8O4. The Hall–Kier alpha value is -4.76. The van der Waals surface area contributed by atoms with Gasteiger partial charge in [0.25, 0.3) is 0 Å². The van der Waals surface area contributed by atoms with E-state index in [0.29, 0.717) is 35.8 Å². The summed E-state index contributed by atoms with van der Waals surface area (Å²) in [5.41, 5.74) is 15.8. The summed E-state index contributed by atoms with van der Waals surface area (Å²) >= 11 is 0. The Balaban J connectivity index is 0.000000771. The lowest BCUT2D eigenvalue weighted by molar-refractivity contribution is -0.192. The molecule has 2 aromatic heterocycles.